The lowest BCUT2D eigenvalue weighted by Gasteiger charge is -2.28. The van der Waals surface area contributed by atoms with Gasteiger partial charge in [0.2, 0.25) is 0 Å². The van der Waals surface area contributed by atoms with Gasteiger partial charge in [-0.3, -0.25) is 19.7 Å². The Labute approximate surface area is 178 Å². The highest BCUT2D eigenvalue weighted by molar-refractivity contribution is 5.97. The molecule has 1 atom stereocenters. The van der Waals surface area contributed by atoms with Gasteiger partial charge in [0.15, 0.2) is 6.10 Å². The van der Waals surface area contributed by atoms with Crippen molar-refractivity contribution in [3.8, 4) is 5.75 Å². The van der Waals surface area contributed by atoms with E-state index in [0.29, 0.717) is 18.4 Å². The molecule has 0 saturated heterocycles. The maximum absolute atomic E-state index is 13.8. The topological polar surface area (TPSA) is 108 Å². The third-order valence-electron chi connectivity index (χ3n) is 5.53. The molecule has 2 aromatic rings. The van der Waals surface area contributed by atoms with Crippen LogP contribution in [0.15, 0.2) is 42.5 Å². The number of ether oxygens (including phenoxy) is 2. The lowest BCUT2D eigenvalue weighted by Crippen LogP contribution is -2.40. The number of halogens is 1. The van der Waals surface area contributed by atoms with Crippen molar-refractivity contribution in [2.75, 3.05) is 12.4 Å². The van der Waals surface area contributed by atoms with Gasteiger partial charge in [-0.2, -0.15) is 0 Å². The predicted molar refractivity (Wildman–Crippen MR) is 110 cm³/mol. The highest BCUT2D eigenvalue weighted by Gasteiger charge is 2.45. The molecule has 1 aliphatic rings. The standard InChI is InChI=1S/C22H23FN2O6/c1-14(20(26)24-18-13-17(25(28)29)8-9-19(18)30-2)31-21(27)22(10-3-4-11-22)15-6-5-7-16(23)12-15/h5-9,12-14H,3-4,10-11H2,1-2H3,(H,24,26). The van der Waals surface area contributed by atoms with Crippen molar-refractivity contribution in [1.29, 1.82) is 0 Å². The average molecular weight is 430 g/mol. The molecule has 8 nitrogen and oxygen atoms in total. The number of carbonyl (C=O) groups is 2. The Bertz CT molecular complexity index is 1000. The van der Waals surface area contributed by atoms with E-state index in [1.165, 1.54) is 38.3 Å². The number of carbonyl (C=O) groups excluding carboxylic acids is 2. The van der Waals surface area contributed by atoms with E-state index in [-0.39, 0.29) is 17.1 Å². The minimum absolute atomic E-state index is 0.0882. The molecule has 1 unspecified atom stereocenters. The second-order valence-electron chi connectivity index (χ2n) is 7.48. The fourth-order valence-corrected chi connectivity index (χ4v) is 3.84. The van der Waals surface area contributed by atoms with Crippen molar-refractivity contribution in [2.24, 2.45) is 0 Å². The van der Waals surface area contributed by atoms with Crippen LogP contribution in [0.5, 0.6) is 5.75 Å². The summed E-state index contributed by atoms with van der Waals surface area (Å²) >= 11 is 0. The number of hydrogen-bond acceptors (Lipinski definition) is 6. The molecule has 1 N–H and O–H groups in total. The lowest BCUT2D eigenvalue weighted by molar-refractivity contribution is -0.384. The maximum atomic E-state index is 13.8. The Balaban J connectivity index is 1.77. The number of anilines is 1. The van der Waals surface area contributed by atoms with E-state index in [4.69, 9.17) is 9.47 Å². The van der Waals surface area contributed by atoms with Crippen molar-refractivity contribution in [2.45, 2.75) is 44.1 Å². The number of nitrogens with zero attached hydrogens (tertiary/aromatic N) is 1. The van der Waals surface area contributed by atoms with Gasteiger partial charge < -0.3 is 14.8 Å². The Morgan fingerprint density at radius 3 is 2.52 bits per heavy atom. The van der Waals surface area contributed by atoms with E-state index in [1.54, 1.807) is 12.1 Å². The Morgan fingerprint density at radius 1 is 1.19 bits per heavy atom. The van der Waals surface area contributed by atoms with Crippen LogP contribution in [0.3, 0.4) is 0 Å². The first-order valence-electron chi connectivity index (χ1n) is 9.87. The molecule has 9 heteroatoms. The van der Waals surface area contributed by atoms with Gasteiger partial charge in [-0.25, -0.2) is 4.39 Å². The molecule has 1 fully saturated rings. The van der Waals surface area contributed by atoms with E-state index in [1.807, 2.05) is 0 Å². The van der Waals surface area contributed by atoms with Gasteiger partial charge >= 0.3 is 5.97 Å². The number of non-ortho nitro benzene ring substituents is 1. The zero-order chi connectivity index (χ0) is 22.6. The molecule has 164 valence electrons. The summed E-state index contributed by atoms with van der Waals surface area (Å²) < 4.78 is 24.4. The fourth-order valence-electron chi connectivity index (χ4n) is 3.84. The molecule has 1 aliphatic carbocycles. The first-order chi connectivity index (χ1) is 14.8. The van der Waals surface area contributed by atoms with E-state index in [9.17, 15) is 24.1 Å². The number of nitro groups is 1. The highest BCUT2D eigenvalue weighted by atomic mass is 19.1. The van der Waals surface area contributed by atoms with Crippen molar-refractivity contribution in [3.63, 3.8) is 0 Å². The van der Waals surface area contributed by atoms with Crippen LogP contribution >= 0.6 is 0 Å². The van der Waals surface area contributed by atoms with Crippen LogP contribution in [-0.4, -0.2) is 30.0 Å². The molecule has 0 heterocycles. The molecule has 0 aliphatic heterocycles. The highest BCUT2D eigenvalue weighted by Crippen LogP contribution is 2.42. The number of nitrogens with one attached hydrogen (secondary N) is 1. The molecular formula is C22H23FN2O6. The third kappa shape index (κ3) is 4.65. The second kappa shape index (κ2) is 9.11. The number of rotatable bonds is 7. The first-order valence-corrected chi connectivity index (χ1v) is 9.87. The van der Waals surface area contributed by atoms with E-state index >= 15 is 0 Å². The summed E-state index contributed by atoms with van der Waals surface area (Å²) in [6.45, 7) is 1.41. The van der Waals surface area contributed by atoms with Crippen LogP contribution in [0.25, 0.3) is 0 Å². The summed E-state index contributed by atoms with van der Waals surface area (Å²) in [4.78, 5) is 36.1. The van der Waals surface area contributed by atoms with Crippen molar-refractivity contribution < 1.29 is 28.4 Å². The van der Waals surface area contributed by atoms with Crippen LogP contribution in [0, 0.1) is 15.9 Å². The molecule has 0 bridgehead atoms. The first kappa shape index (κ1) is 22.2. The third-order valence-corrected chi connectivity index (χ3v) is 5.53. The van der Waals surface area contributed by atoms with Crippen molar-refractivity contribution >= 4 is 23.3 Å². The van der Waals surface area contributed by atoms with Gasteiger partial charge in [0, 0.05) is 12.1 Å². The Kier molecular flexibility index (Phi) is 6.53. The predicted octanol–water partition coefficient (Wildman–Crippen LogP) is 4.12. The molecule has 2 aromatic carbocycles. The summed E-state index contributed by atoms with van der Waals surface area (Å²) in [7, 11) is 1.36. The molecule has 3 rings (SSSR count). The maximum Gasteiger partial charge on any atom is 0.317 e. The van der Waals surface area contributed by atoms with Gasteiger partial charge in [0.05, 0.1) is 23.1 Å². The number of methoxy groups -OCH3 is 1. The SMILES string of the molecule is COc1ccc([N+](=O)[O-])cc1NC(=O)C(C)OC(=O)C1(c2cccc(F)c2)CCCC1. The summed E-state index contributed by atoms with van der Waals surface area (Å²) in [5, 5.41) is 13.5. The Morgan fingerprint density at radius 2 is 1.90 bits per heavy atom. The van der Waals surface area contributed by atoms with E-state index in [2.05, 4.69) is 5.32 Å². The molecule has 0 radical (unpaired) electrons. The zero-order valence-corrected chi connectivity index (χ0v) is 17.2. The zero-order valence-electron chi connectivity index (χ0n) is 17.2. The average Bonchev–Trinajstić information content (AvgIpc) is 3.25. The van der Waals surface area contributed by atoms with Gasteiger partial charge in [-0.1, -0.05) is 25.0 Å². The minimum Gasteiger partial charge on any atom is -0.495 e. The van der Waals surface area contributed by atoms with Crippen molar-refractivity contribution in [3.05, 3.63) is 64.0 Å². The Hall–Kier alpha value is -3.49. The molecule has 1 saturated carbocycles. The van der Waals surface area contributed by atoms with Crippen LogP contribution in [0.2, 0.25) is 0 Å². The minimum atomic E-state index is -1.18. The van der Waals surface area contributed by atoms with Crippen LogP contribution in [-0.2, 0) is 19.7 Å². The number of hydrogen-bond donors (Lipinski definition) is 1. The fraction of sp³-hybridized carbons (Fsp3) is 0.364. The second-order valence-corrected chi connectivity index (χ2v) is 7.48. The normalized spacial score (nSPS) is 15.7. The van der Waals surface area contributed by atoms with Gasteiger partial charge in [0.1, 0.15) is 11.6 Å². The van der Waals surface area contributed by atoms with Crippen LogP contribution in [0.4, 0.5) is 15.8 Å². The van der Waals surface area contributed by atoms with Crippen molar-refractivity contribution in [1.82, 2.24) is 0 Å². The monoisotopic (exact) mass is 430 g/mol. The summed E-state index contributed by atoms with van der Waals surface area (Å²) in [5.41, 5.74) is -0.607. The van der Waals surface area contributed by atoms with Crippen LogP contribution in [0.1, 0.15) is 38.2 Å². The molecule has 0 aromatic heterocycles. The quantitative estimate of drug-likeness (QED) is 0.402. The number of esters is 1. The van der Waals surface area contributed by atoms with Gasteiger partial charge in [-0.05, 0) is 43.5 Å². The number of benzene rings is 2. The van der Waals surface area contributed by atoms with Gasteiger partial charge in [-0.15, -0.1) is 0 Å². The molecule has 31 heavy (non-hydrogen) atoms. The summed E-state index contributed by atoms with van der Waals surface area (Å²) in [6.07, 6.45) is 1.40. The molecule has 0 spiro atoms. The van der Waals surface area contributed by atoms with Gasteiger partial charge in [0.25, 0.3) is 11.6 Å². The number of amides is 1. The lowest BCUT2D eigenvalue weighted by atomic mass is 9.79. The largest absolute Gasteiger partial charge is 0.495 e. The number of nitro benzene ring substituents is 1. The summed E-state index contributed by atoms with van der Waals surface area (Å²) in [6, 6.07) is 9.64. The molecule has 1 amide bonds. The summed E-state index contributed by atoms with van der Waals surface area (Å²) in [5.74, 6) is -1.48. The smallest absolute Gasteiger partial charge is 0.317 e. The molecular weight excluding hydrogens is 407 g/mol. The van der Waals surface area contributed by atoms with E-state index in [0.717, 1.165) is 18.9 Å². The van der Waals surface area contributed by atoms with Crippen LogP contribution < -0.4 is 10.1 Å². The van der Waals surface area contributed by atoms with E-state index < -0.39 is 34.1 Å².